The molecule has 0 bridgehead atoms. The monoisotopic (exact) mass is 520 g/mol. The zero-order valence-corrected chi connectivity index (χ0v) is 20.9. The molecule has 2 fully saturated rings. The van der Waals surface area contributed by atoms with Gasteiger partial charge in [-0.25, -0.2) is 0 Å². The van der Waals surface area contributed by atoms with Gasteiger partial charge in [0.2, 0.25) is 0 Å². The molecule has 2 heterocycles. The standard InChI is InChI=1S/C24H28N4O2Se.ClH/c1-18-3-9-21(10-4-18)28-23(29)22(26(2)24(28)31)17-19-5-7-20(8-6-19)25-11-12-27-13-15-30-16-14-27;/h3-10,17,25H,11-16H2,1-2H3;1H. The van der Waals surface area contributed by atoms with Gasteiger partial charge in [-0.3, -0.25) is 0 Å². The van der Waals surface area contributed by atoms with E-state index in [2.05, 4.69) is 37.9 Å². The van der Waals surface area contributed by atoms with Crippen molar-refractivity contribution in [1.82, 2.24) is 9.80 Å². The Hall–Kier alpha value is -2.15. The van der Waals surface area contributed by atoms with Crippen molar-refractivity contribution in [1.29, 1.82) is 0 Å². The van der Waals surface area contributed by atoms with E-state index in [1.807, 2.05) is 61.3 Å². The number of nitrogens with one attached hydrogen (secondary N) is 1. The number of likely N-dealkylation sites (N-methyl/N-ethyl adjacent to an activating group) is 1. The van der Waals surface area contributed by atoms with Gasteiger partial charge in [0, 0.05) is 13.1 Å². The normalized spacial score (nSPS) is 18.2. The predicted octanol–water partition coefficient (Wildman–Crippen LogP) is 2.74. The Kier molecular flexibility index (Phi) is 8.51. The van der Waals surface area contributed by atoms with Crippen LogP contribution >= 0.6 is 12.4 Å². The number of amides is 1. The second kappa shape index (κ2) is 11.1. The van der Waals surface area contributed by atoms with Gasteiger partial charge >= 0.3 is 161 Å². The van der Waals surface area contributed by atoms with E-state index in [9.17, 15) is 4.79 Å². The largest absolute Gasteiger partial charge is 0.147 e. The molecule has 2 aromatic carbocycles. The summed E-state index contributed by atoms with van der Waals surface area (Å²) < 4.78 is 6.17. The van der Waals surface area contributed by atoms with Crippen LogP contribution in [-0.2, 0) is 9.53 Å². The molecule has 1 amide bonds. The molecule has 6 nitrogen and oxygen atoms in total. The Balaban J connectivity index is 0.00000289. The van der Waals surface area contributed by atoms with Crippen molar-refractivity contribution in [2.45, 2.75) is 6.92 Å². The number of aryl methyl sites for hydroxylation is 1. The Morgan fingerprint density at radius 3 is 2.38 bits per heavy atom. The van der Waals surface area contributed by atoms with Crippen LogP contribution in [0.1, 0.15) is 11.1 Å². The molecule has 2 saturated heterocycles. The van der Waals surface area contributed by atoms with E-state index in [0.717, 1.165) is 61.0 Å². The molecule has 0 spiro atoms. The molecule has 0 radical (unpaired) electrons. The van der Waals surface area contributed by atoms with Gasteiger partial charge in [-0.05, 0) is 0 Å². The van der Waals surface area contributed by atoms with Gasteiger partial charge < -0.3 is 4.74 Å². The van der Waals surface area contributed by atoms with Crippen molar-refractivity contribution >= 4 is 56.0 Å². The molecule has 170 valence electrons. The molecule has 2 aromatic rings. The fourth-order valence-corrected chi connectivity index (χ4v) is 4.32. The van der Waals surface area contributed by atoms with E-state index in [-0.39, 0.29) is 18.3 Å². The van der Waals surface area contributed by atoms with Crippen molar-refractivity contribution in [3.8, 4) is 0 Å². The maximum atomic E-state index is 13.1. The average Bonchev–Trinajstić information content (AvgIpc) is 2.99. The smallest absolute Gasteiger partial charge is 0.147 e. The summed E-state index contributed by atoms with van der Waals surface area (Å²) in [7, 11) is 1.91. The Bertz CT molecular complexity index is 972. The third-order valence-electron chi connectivity index (χ3n) is 5.63. The van der Waals surface area contributed by atoms with Crippen LogP contribution in [0.2, 0.25) is 0 Å². The number of carbonyl (C=O) groups is 1. The minimum atomic E-state index is -0.0344. The summed E-state index contributed by atoms with van der Waals surface area (Å²) in [5, 5.41) is 3.47. The van der Waals surface area contributed by atoms with Crippen molar-refractivity contribution in [3.63, 3.8) is 0 Å². The third kappa shape index (κ3) is 5.60. The van der Waals surface area contributed by atoms with Gasteiger partial charge in [-0.2, -0.15) is 0 Å². The van der Waals surface area contributed by atoms with E-state index in [1.165, 1.54) is 5.56 Å². The van der Waals surface area contributed by atoms with Crippen molar-refractivity contribution in [2.24, 2.45) is 0 Å². The number of rotatable bonds is 6. The van der Waals surface area contributed by atoms with Gasteiger partial charge in [0.05, 0.1) is 13.2 Å². The summed E-state index contributed by atoms with van der Waals surface area (Å²) in [5.41, 5.74) is 4.74. The molecule has 32 heavy (non-hydrogen) atoms. The zero-order chi connectivity index (χ0) is 21.8. The van der Waals surface area contributed by atoms with Crippen LogP contribution in [0.5, 0.6) is 0 Å². The summed E-state index contributed by atoms with van der Waals surface area (Å²) in [5.74, 6) is -0.0344. The first-order valence-electron chi connectivity index (χ1n) is 10.6. The molecular formula is C24H29ClN4O2Se. The van der Waals surface area contributed by atoms with Crippen LogP contribution in [0.3, 0.4) is 0 Å². The quantitative estimate of drug-likeness (QED) is 0.470. The number of nitrogens with zero attached hydrogens (tertiary/aromatic N) is 3. The molecule has 1 N–H and O–H groups in total. The van der Waals surface area contributed by atoms with Gasteiger partial charge in [0.15, 0.2) is 0 Å². The number of morpholine rings is 1. The molecule has 8 heteroatoms. The van der Waals surface area contributed by atoms with Crippen LogP contribution in [0.4, 0.5) is 11.4 Å². The van der Waals surface area contributed by atoms with Gasteiger partial charge in [0.25, 0.3) is 0 Å². The van der Waals surface area contributed by atoms with Crippen LogP contribution < -0.4 is 10.2 Å². The predicted molar refractivity (Wildman–Crippen MR) is 135 cm³/mol. The topological polar surface area (TPSA) is 48.1 Å². The first-order valence-corrected chi connectivity index (χ1v) is 11.4. The third-order valence-corrected chi connectivity index (χ3v) is 6.59. The van der Waals surface area contributed by atoms with Gasteiger partial charge in [0.1, 0.15) is 0 Å². The van der Waals surface area contributed by atoms with Crippen molar-refractivity contribution in [2.75, 3.05) is 56.7 Å². The van der Waals surface area contributed by atoms with Crippen LogP contribution in [0.15, 0.2) is 54.2 Å². The summed E-state index contributed by atoms with van der Waals surface area (Å²) in [6.45, 7) is 7.61. The first-order chi connectivity index (χ1) is 15.0. The summed E-state index contributed by atoms with van der Waals surface area (Å²) in [6.07, 6.45) is 1.94. The summed E-state index contributed by atoms with van der Waals surface area (Å²) in [4.78, 5) is 19.1. The molecule has 0 aromatic heterocycles. The zero-order valence-electron chi connectivity index (χ0n) is 18.4. The van der Waals surface area contributed by atoms with E-state index in [1.54, 1.807) is 4.90 Å². The molecule has 0 aliphatic carbocycles. The number of hydrogen-bond donors (Lipinski definition) is 1. The molecular weight excluding hydrogens is 491 g/mol. The van der Waals surface area contributed by atoms with Crippen molar-refractivity contribution < 1.29 is 9.53 Å². The van der Waals surface area contributed by atoms with E-state index >= 15 is 0 Å². The summed E-state index contributed by atoms with van der Waals surface area (Å²) in [6, 6.07) is 16.2. The Morgan fingerprint density at radius 1 is 1.06 bits per heavy atom. The Labute approximate surface area is 204 Å². The number of anilines is 2. The molecule has 0 atom stereocenters. The van der Waals surface area contributed by atoms with Crippen LogP contribution in [0, 0.1) is 6.92 Å². The SMILES string of the molecule is Cc1ccc(N2C(=O)C(=Cc3ccc(NCCN4CCOCC4)cc3)N(C)C2=[Se])cc1.Cl. The number of hydrogen-bond acceptors (Lipinski definition) is 5. The minimum Gasteiger partial charge on any atom is -0.147 e. The molecule has 2 aliphatic rings. The number of halogens is 1. The maximum Gasteiger partial charge on any atom is -0.147 e. The van der Waals surface area contributed by atoms with Gasteiger partial charge in [-0.1, -0.05) is 0 Å². The van der Waals surface area contributed by atoms with E-state index in [4.69, 9.17) is 4.74 Å². The van der Waals surface area contributed by atoms with Crippen LogP contribution in [-0.4, -0.2) is 82.4 Å². The summed E-state index contributed by atoms with van der Waals surface area (Å²) >= 11 is 3.04. The molecule has 0 saturated carbocycles. The van der Waals surface area contributed by atoms with Crippen molar-refractivity contribution in [3.05, 3.63) is 65.4 Å². The number of ether oxygens (including phenoxy) is 1. The second-order valence-corrected chi connectivity index (χ2v) is 8.62. The average molecular weight is 520 g/mol. The number of carbonyl (C=O) groups excluding carboxylic acids is 1. The first kappa shape index (κ1) is 24.5. The fraction of sp³-hybridized carbons (Fsp3) is 0.333. The van der Waals surface area contributed by atoms with Gasteiger partial charge in [-0.15, -0.1) is 12.4 Å². The van der Waals surface area contributed by atoms with E-state index < -0.39 is 0 Å². The molecule has 0 unspecified atom stereocenters. The molecule has 2 aliphatic heterocycles. The van der Waals surface area contributed by atoms with E-state index in [0.29, 0.717) is 5.70 Å². The maximum absolute atomic E-state index is 13.1. The Morgan fingerprint density at radius 2 is 1.72 bits per heavy atom. The fourth-order valence-electron chi connectivity index (χ4n) is 3.72. The molecule has 4 rings (SSSR count). The minimum absolute atomic E-state index is 0. The number of benzene rings is 2. The second-order valence-electron chi connectivity index (χ2n) is 7.85. The van der Waals surface area contributed by atoms with Crippen LogP contribution in [0.25, 0.3) is 6.08 Å².